The van der Waals surface area contributed by atoms with Gasteiger partial charge in [0.15, 0.2) is 6.79 Å². The van der Waals surface area contributed by atoms with Gasteiger partial charge in [-0.3, -0.25) is 4.98 Å². The molecule has 5 rings (SSSR count). The number of nitrogens with zero attached hydrogens (tertiary/aromatic N) is 5. The van der Waals surface area contributed by atoms with E-state index in [4.69, 9.17) is 30.8 Å². The van der Waals surface area contributed by atoms with Crippen molar-refractivity contribution in [3.05, 3.63) is 53.9 Å². The summed E-state index contributed by atoms with van der Waals surface area (Å²) in [5.41, 5.74) is 1.81. The normalized spacial score (nSPS) is 14.2. The molecule has 0 saturated carbocycles. The molecule has 1 aliphatic heterocycles. The first-order valence-electron chi connectivity index (χ1n) is 12.4. The number of hydrogen-bond acceptors (Lipinski definition) is 8. The second kappa shape index (κ2) is 10.6. The zero-order valence-electron chi connectivity index (χ0n) is 21.9. The van der Waals surface area contributed by atoms with E-state index in [1.807, 2.05) is 57.2 Å². The van der Waals surface area contributed by atoms with Crippen LogP contribution in [0.3, 0.4) is 0 Å². The first-order chi connectivity index (χ1) is 18.2. The van der Waals surface area contributed by atoms with Crippen molar-refractivity contribution in [2.75, 3.05) is 45.0 Å². The Kier molecular flexibility index (Phi) is 7.23. The molecule has 0 N–H and O–H groups in total. The highest BCUT2D eigenvalue weighted by Crippen LogP contribution is 2.35. The van der Waals surface area contributed by atoms with E-state index in [1.54, 1.807) is 18.2 Å². The molecule has 38 heavy (non-hydrogen) atoms. The Bertz CT molecular complexity index is 1480. The summed E-state index contributed by atoms with van der Waals surface area (Å²) < 4.78 is 16.3. The van der Waals surface area contributed by atoms with Crippen LogP contribution in [0.25, 0.3) is 32.9 Å². The van der Waals surface area contributed by atoms with Gasteiger partial charge in [0.05, 0.1) is 16.6 Å². The van der Waals surface area contributed by atoms with E-state index in [2.05, 4.69) is 20.9 Å². The molecule has 0 atom stereocenters. The summed E-state index contributed by atoms with van der Waals surface area (Å²) in [6, 6.07) is 13.9. The monoisotopic (exact) mass is 535 g/mol. The van der Waals surface area contributed by atoms with Crippen LogP contribution in [0.4, 0.5) is 10.6 Å². The minimum absolute atomic E-state index is 0.149. The third-order valence-electron chi connectivity index (χ3n) is 6.22. The largest absolute Gasteiger partial charge is 0.468 e. The molecule has 1 amide bonds. The Morgan fingerprint density at radius 3 is 2.53 bits per heavy atom. The molecule has 1 saturated heterocycles. The molecule has 1 aliphatic rings. The van der Waals surface area contributed by atoms with E-state index < -0.39 is 5.60 Å². The van der Waals surface area contributed by atoms with Crippen molar-refractivity contribution in [1.29, 1.82) is 0 Å². The number of methoxy groups -OCH3 is 1. The number of fused-ring (bicyclic) bond motifs is 2. The molecule has 1 fully saturated rings. The highest BCUT2D eigenvalue weighted by atomic mass is 35.5. The number of benzene rings is 2. The van der Waals surface area contributed by atoms with Crippen LogP contribution < -0.4 is 9.64 Å². The highest BCUT2D eigenvalue weighted by molar-refractivity contribution is 6.28. The molecule has 10 heteroatoms. The minimum atomic E-state index is -0.533. The van der Waals surface area contributed by atoms with Crippen LogP contribution in [-0.2, 0) is 9.47 Å². The number of hydrogen-bond donors (Lipinski definition) is 0. The van der Waals surface area contributed by atoms with Gasteiger partial charge in [-0.05, 0) is 61.3 Å². The number of ether oxygens (including phenoxy) is 3. The number of carbonyl (C=O) groups excluding carboxylic acids is 1. The third-order valence-corrected chi connectivity index (χ3v) is 6.39. The lowest BCUT2D eigenvalue weighted by molar-refractivity contribution is 0.0240. The maximum absolute atomic E-state index is 12.5. The Morgan fingerprint density at radius 2 is 1.79 bits per heavy atom. The summed E-state index contributed by atoms with van der Waals surface area (Å²) in [5, 5.41) is 3.02. The predicted molar refractivity (Wildman–Crippen MR) is 148 cm³/mol. The second-order valence-corrected chi connectivity index (χ2v) is 10.4. The van der Waals surface area contributed by atoms with Gasteiger partial charge in [0.1, 0.15) is 17.2 Å². The summed E-state index contributed by atoms with van der Waals surface area (Å²) in [6.07, 6.45) is 1.48. The van der Waals surface area contributed by atoms with Crippen LogP contribution in [0.2, 0.25) is 5.28 Å². The number of aromatic nitrogens is 3. The Morgan fingerprint density at radius 1 is 1.03 bits per heavy atom. The van der Waals surface area contributed by atoms with Gasteiger partial charge >= 0.3 is 6.09 Å². The Labute approximate surface area is 226 Å². The molecule has 9 nitrogen and oxygen atoms in total. The second-order valence-electron chi connectivity index (χ2n) is 10.1. The van der Waals surface area contributed by atoms with Gasteiger partial charge in [-0.15, -0.1) is 0 Å². The first-order valence-corrected chi connectivity index (χ1v) is 12.8. The summed E-state index contributed by atoms with van der Waals surface area (Å²) in [7, 11) is 1.59. The van der Waals surface area contributed by atoms with Crippen molar-refractivity contribution >= 4 is 45.2 Å². The van der Waals surface area contributed by atoms with Crippen molar-refractivity contribution in [1.82, 2.24) is 19.9 Å². The summed E-state index contributed by atoms with van der Waals surface area (Å²) in [4.78, 5) is 30.1. The van der Waals surface area contributed by atoms with Crippen LogP contribution in [-0.4, -0.2) is 71.6 Å². The van der Waals surface area contributed by atoms with Gasteiger partial charge in [0, 0.05) is 45.0 Å². The number of anilines is 1. The van der Waals surface area contributed by atoms with Gasteiger partial charge in [0.25, 0.3) is 0 Å². The quantitative estimate of drug-likeness (QED) is 0.243. The SMILES string of the molecule is COCOc1cc(-c2cc3nc(Cl)nc(N4CCN(C(=O)OC(C)(C)C)CC4)c3cn2)c2ccccc2c1. The van der Waals surface area contributed by atoms with E-state index in [9.17, 15) is 4.79 Å². The molecule has 0 spiro atoms. The van der Waals surface area contributed by atoms with E-state index >= 15 is 0 Å². The maximum Gasteiger partial charge on any atom is 0.410 e. The number of amides is 1. The number of pyridine rings is 1. The smallest absolute Gasteiger partial charge is 0.410 e. The minimum Gasteiger partial charge on any atom is -0.468 e. The molecule has 198 valence electrons. The van der Waals surface area contributed by atoms with Crippen LogP contribution in [0.1, 0.15) is 20.8 Å². The van der Waals surface area contributed by atoms with Gasteiger partial charge in [-0.1, -0.05) is 24.3 Å². The van der Waals surface area contributed by atoms with Crippen LogP contribution in [0, 0.1) is 0 Å². The molecule has 0 radical (unpaired) electrons. The Balaban J connectivity index is 1.46. The standard InChI is InChI=1S/C28H30ClN5O4/c1-28(2,3)38-27(35)34-11-9-33(10-12-34)25-22-16-30-23(15-24(22)31-26(29)32-25)21-14-19(37-17-36-4)13-18-7-5-6-8-20(18)21/h5-8,13-16H,9-12,17H2,1-4H3. The zero-order chi connectivity index (χ0) is 26.9. The van der Waals surface area contributed by atoms with Gasteiger partial charge in [0.2, 0.25) is 5.28 Å². The third kappa shape index (κ3) is 5.58. The lowest BCUT2D eigenvalue weighted by atomic mass is 10.0. The highest BCUT2D eigenvalue weighted by Gasteiger charge is 2.27. The fourth-order valence-electron chi connectivity index (χ4n) is 4.50. The lowest BCUT2D eigenvalue weighted by Crippen LogP contribution is -2.50. The van der Waals surface area contributed by atoms with E-state index in [-0.39, 0.29) is 18.2 Å². The molecule has 0 bridgehead atoms. The maximum atomic E-state index is 12.5. The molecular formula is C28H30ClN5O4. The molecule has 2 aromatic carbocycles. The average molecular weight is 536 g/mol. The fraction of sp³-hybridized carbons (Fsp3) is 0.357. The predicted octanol–water partition coefficient (Wildman–Crippen LogP) is 5.54. The van der Waals surface area contributed by atoms with E-state index in [0.29, 0.717) is 43.3 Å². The molecule has 0 unspecified atom stereocenters. The summed E-state index contributed by atoms with van der Waals surface area (Å²) in [6.45, 7) is 7.96. The molecule has 4 aromatic rings. The zero-order valence-corrected chi connectivity index (χ0v) is 22.7. The van der Waals surface area contributed by atoms with Crippen molar-refractivity contribution in [3.63, 3.8) is 0 Å². The topological polar surface area (TPSA) is 89.9 Å². The fourth-order valence-corrected chi connectivity index (χ4v) is 4.67. The number of piperazine rings is 1. The molecule has 3 heterocycles. The number of rotatable bonds is 5. The molecule has 2 aromatic heterocycles. The average Bonchev–Trinajstić information content (AvgIpc) is 2.89. The van der Waals surface area contributed by atoms with Crippen LogP contribution in [0.15, 0.2) is 48.7 Å². The van der Waals surface area contributed by atoms with Crippen molar-refractivity contribution in [2.24, 2.45) is 0 Å². The molecule has 0 aliphatic carbocycles. The number of carbonyl (C=O) groups is 1. The van der Waals surface area contributed by atoms with E-state index in [1.165, 1.54) is 0 Å². The van der Waals surface area contributed by atoms with Crippen molar-refractivity contribution < 1.29 is 19.0 Å². The number of halogens is 1. The van der Waals surface area contributed by atoms with Crippen molar-refractivity contribution in [2.45, 2.75) is 26.4 Å². The van der Waals surface area contributed by atoms with Crippen LogP contribution >= 0.6 is 11.6 Å². The van der Waals surface area contributed by atoms with Crippen molar-refractivity contribution in [3.8, 4) is 17.0 Å². The van der Waals surface area contributed by atoms with Gasteiger partial charge < -0.3 is 24.0 Å². The van der Waals surface area contributed by atoms with Gasteiger partial charge in [-0.2, -0.15) is 4.98 Å². The van der Waals surface area contributed by atoms with Gasteiger partial charge in [-0.25, -0.2) is 9.78 Å². The summed E-state index contributed by atoms with van der Waals surface area (Å²) >= 11 is 6.38. The Hall–Kier alpha value is -3.69. The summed E-state index contributed by atoms with van der Waals surface area (Å²) in [5.74, 6) is 1.39. The molecular weight excluding hydrogens is 506 g/mol. The van der Waals surface area contributed by atoms with E-state index in [0.717, 1.165) is 27.4 Å². The first kappa shape index (κ1) is 25.9. The van der Waals surface area contributed by atoms with Crippen LogP contribution in [0.5, 0.6) is 5.75 Å². The lowest BCUT2D eigenvalue weighted by Gasteiger charge is -2.36.